The minimum absolute atomic E-state index is 0.0148. The number of nitrogens with zero attached hydrogens (tertiary/aromatic N) is 5. The summed E-state index contributed by atoms with van der Waals surface area (Å²) in [6.45, 7) is 7.20. The van der Waals surface area contributed by atoms with Crippen molar-refractivity contribution < 1.29 is 18.0 Å². The topological polar surface area (TPSA) is 54.3 Å². The monoisotopic (exact) mass is 407 g/mol. The Morgan fingerprint density at radius 1 is 1.21 bits per heavy atom. The minimum atomic E-state index is -4.45. The van der Waals surface area contributed by atoms with Crippen LogP contribution in [0.4, 0.5) is 24.7 Å². The standard InChI is InChI=1S/C20H24F3N5O/c1-12(2)28-17-6-8-26(13(3)29)11-15(17)19(25-28)27-7-4-5-16-18(27)9-14(10-24-16)20(21,22)23/h9-10,12H,4-8,11H2,1-3H3. The van der Waals surface area contributed by atoms with Gasteiger partial charge in [-0.2, -0.15) is 18.3 Å². The van der Waals surface area contributed by atoms with Crippen LogP contribution >= 0.6 is 0 Å². The fourth-order valence-electron chi connectivity index (χ4n) is 4.15. The number of pyridine rings is 1. The minimum Gasteiger partial charge on any atom is -0.338 e. The van der Waals surface area contributed by atoms with Gasteiger partial charge in [-0.3, -0.25) is 14.5 Å². The third-order valence-corrected chi connectivity index (χ3v) is 5.62. The first-order valence-electron chi connectivity index (χ1n) is 9.86. The van der Waals surface area contributed by atoms with Gasteiger partial charge in [-0.1, -0.05) is 0 Å². The number of rotatable bonds is 2. The lowest BCUT2D eigenvalue weighted by Crippen LogP contribution is -2.35. The molecule has 2 aromatic rings. The number of fused-ring (bicyclic) bond motifs is 2. The lowest BCUT2D eigenvalue weighted by molar-refractivity contribution is -0.137. The van der Waals surface area contributed by atoms with Crippen molar-refractivity contribution in [2.24, 2.45) is 0 Å². The molecule has 0 aliphatic carbocycles. The Bertz CT molecular complexity index is 950. The summed E-state index contributed by atoms with van der Waals surface area (Å²) in [5.74, 6) is 0.626. The molecular formula is C20H24F3N5O. The van der Waals surface area contributed by atoms with Crippen molar-refractivity contribution in [3.8, 4) is 0 Å². The van der Waals surface area contributed by atoms with Gasteiger partial charge in [0, 0.05) is 49.9 Å². The highest BCUT2D eigenvalue weighted by Crippen LogP contribution is 2.40. The third kappa shape index (κ3) is 3.47. The fraction of sp³-hybridized carbons (Fsp3) is 0.550. The molecule has 0 saturated heterocycles. The zero-order valence-corrected chi connectivity index (χ0v) is 16.8. The average molecular weight is 407 g/mol. The van der Waals surface area contributed by atoms with Gasteiger partial charge >= 0.3 is 6.18 Å². The summed E-state index contributed by atoms with van der Waals surface area (Å²) in [5, 5.41) is 4.80. The quantitative estimate of drug-likeness (QED) is 0.759. The Hall–Kier alpha value is -2.58. The van der Waals surface area contributed by atoms with E-state index in [0.717, 1.165) is 23.9 Å². The number of amides is 1. The van der Waals surface area contributed by atoms with Crippen molar-refractivity contribution in [3.63, 3.8) is 0 Å². The van der Waals surface area contributed by atoms with Crippen molar-refractivity contribution in [3.05, 3.63) is 34.8 Å². The highest BCUT2D eigenvalue weighted by molar-refractivity contribution is 5.75. The number of aryl methyl sites for hydroxylation is 1. The van der Waals surface area contributed by atoms with E-state index in [-0.39, 0.29) is 11.9 Å². The number of halogens is 3. The lowest BCUT2D eigenvalue weighted by atomic mass is 10.0. The summed E-state index contributed by atoms with van der Waals surface area (Å²) < 4.78 is 41.8. The van der Waals surface area contributed by atoms with E-state index in [1.54, 1.807) is 4.90 Å². The largest absolute Gasteiger partial charge is 0.417 e. The van der Waals surface area contributed by atoms with Crippen LogP contribution in [0.5, 0.6) is 0 Å². The average Bonchev–Trinajstić information content (AvgIpc) is 3.05. The number of alkyl halides is 3. The molecule has 2 aromatic heterocycles. The second-order valence-electron chi connectivity index (χ2n) is 7.92. The molecule has 4 heterocycles. The van der Waals surface area contributed by atoms with E-state index in [1.807, 2.05) is 23.4 Å². The van der Waals surface area contributed by atoms with E-state index in [1.165, 1.54) is 13.0 Å². The summed E-state index contributed by atoms with van der Waals surface area (Å²) in [5.41, 5.74) is 2.33. The molecular weight excluding hydrogens is 383 g/mol. The predicted octanol–water partition coefficient (Wildman–Crippen LogP) is 3.87. The van der Waals surface area contributed by atoms with Crippen LogP contribution in [0.1, 0.15) is 55.7 Å². The van der Waals surface area contributed by atoms with Crippen molar-refractivity contribution in [1.82, 2.24) is 19.7 Å². The van der Waals surface area contributed by atoms with Crippen molar-refractivity contribution in [2.75, 3.05) is 18.0 Å². The van der Waals surface area contributed by atoms with Crippen LogP contribution in [0.2, 0.25) is 0 Å². The second kappa shape index (κ2) is 7.03. The summed E-state index contributed by atoms with van der Waals surface area (Å²) >= 11 is 0. The van der Waals surface area contributed by atoms with E-state index in [2.05, 4.69) is 4.98 Å². The van der Waals surface area contributed by atoms with Gasteiger partial charge < -0.3 is 9.80 Å². The number of carbonyl (C=O) groups excluding carboxylic acids is 1. The predicted molar refractivity (Wildman–Crippen MR) is 102 cm³/mol. The Morgan fingerprint density at radius 2 is 1.97 bits per heavy atom. The molecule has 1 amide bonds. The normalized spacial score (nSPS) is 16.8. The zero-order valence-electron chi connectivity index (χ0n) is 16.8. The maximum absolute atomic E-state index is 13.3. The maximum Gasteiger partial charge on any atom is 0.417 e. The Morgan fingerprint density at radius 3 is 2.62 bits per heavy atom. The first-order chi connectivity index (χ1) is 13.7. The molecule has 29 heavy (non-hydrogen) atoms. The van der Waals surface area contributed by atoms with Gasteiger partial charge in [-0.15, -0.1) is 0 Å². The Labute approximate surface area is 167 Å². The fourth-order valence-corrected chi connectivity index (χ4v) is 4.15. The summed E-state index contributed by atoms with van der Waals surface area (Å²) in [6.07, 6.45) is -1.45. The van der Waals surface area contributed by atoms with Crippen molar-refractivity contribution in [2.45, 2.75) is 58.8 Å². The Balaban J connectivity index is 1.84. The maximum atomic E-state index is 13.3. The molecule has 0 bridgehead atoms. The van der Waals surface area contributed by atoms with Gasteiger partial charge in [0.05, 0.1) is 23.5 Å². The number of hydrogen-bond donors (Lipinski definition) is 0. The van der Waals surface area contributed by atoms with Gasteiger partial charge in [0.25, 0.3) is 0 Å². The van der Waals surface area contributed by atoms with Crippen molar-refractivity contribution >= 4 is 17.4 Å². The molecule has 156 valence electrons. The van der Waals surface area contributed by atoms with Crippen LogP contribution in [0, 0.1) is 0 Å². The van der Waals surface area contributed by atoms with Crippen LogP contribution in [-0.2, 0) is 30.4 Å². The summed E-state index contributed by atoms with van der Waals surface area (Å²) in [6, 6.07) is 1.29. The zero-order chi connectivity index (χ0) is 20.9. The highest BCUT2D eigenvalue weighted by atomic mass is 19.4. The molecule has 0 spiro atoms. The molecule has 0 unspecified atom stereocenters. The molecule has 0 aromatic carbocycles. The van der Waals surface area contributed by atoms with E-state index in [0.29, 0.717) is 49.7 Å². The number of hydrogen-bond acceptors (Lipinski definition) is 4. The first kappa shape index (κ1) is 19.7. The molecule has 0 atom stereocenters. The number of aromatic nitrogens is 3. The molecule has 2 aliphatic heterocycles. The van der Waals surface area contributed by atoms with Crippen LogP contribution in [0.3, 0.4) is 0 Å². The van der Waals surface area contributed by atoms with E-state index < -0.39 is 11.7 Å². The lowest BCUT2D eigenvalue weighted by Gasteiger charge is -2.32. The van der Waals surface area contributed by atoms with Gasteiger partial charge in [-0.25, -0.2) is 0 Å². The number of carbonyl (C=O) groups is 1. The van der Waals surface area contributed by atoms with Crippen LogP contribution in [-0.4, -0.2) is 38.7 Å². The van der Waals surface area contributed by atoms with E-state index in [4.69, 9.17) is 5.10 Å². The third-order valence-electron chi connectivity index (χ3n) is 5.62. The van der Waals surface area contributed by atoms with Crippen LogP contribution < -0.4 is 4.90 Å². The second-order valence-corrected chi connectivity index (χ2v) is 7.92. The van der Waals surface area contributed by atoms with E-state index >= 15 is 0 Å². The van der Waals surface area contributed by atoms with Crippen molar-refractivity contribution in [1.29, 1.82) is 0 Å². The van der Waals surface area contributed by atoms with Crippen LogP contribution in [0.15, 0.2) is 12.3 Å². The van der Waals surface area contributed by atoms with E-state index in [9.17, 15) is 18.0 Å². The molecule has 9 heteroatoms. The first-order valence-corrected chi connectivity index (χ1v) is 9.86. The smallest absolute Gasteiger partial charge is 0.338 e. The summed E-state index contributed by atoms with van der Waals surface area (Å²) in [4.78, 5) is 19.6. The van der Waals surface area contributed by atoms with Gasteiger partial charge in [0.2, 0.25) is 5.91 Å². The molecule has 0 fully saturated rings. The molecule has 0 N–H and O–H groups in total. The van der Waals surface area contributed by atoms with Gasteiger partial charge in [0.1, 0.15) is 0 Å². The molecule has 4 rings (SSSR count). The molecule has 0 saturated carbocycles. The molecule has 2 aliphatic rings. The Kier molecular flexibility index (Phi) is 4.78. The molecule has 6 nitrogen and oxygen atoms in total. The van der Waals surface area contributed by atoms with Crippen LogP contribution in [0.25, 0.3) is 0 Å². The summed E-state index contributed by atoms with van der Waals surface area (Å²) in [7, 11) is 0. The van der Waals surface area contributed by atoms with Gasteiger partial charge in [0.15, 0.2) is 5.82 Å². The van der Waals surface area contributed by atoms with Gasteiger partial charge in [-0.05, 0) is 32.8 Å². The highest BCUT2D eigenvalue weighted by Gasteiger charge is 2.35. The SMILES string of the molecule is CC(=O)N1CCc2c(c(N3CCCc4ncc(C(F)(F)F)cc43)nn2C(C)C)C1. The molecule has 0 radical (unpaired) electrons. The number of anilines is 2.